The van der Waals surface area contributed by atoms with Gasteiger partial charge in [0, 0.05) is 16.8 Å². The van der Waals surface area contributed by atoms with E-state index in [4.69, 9.17) is 16.3 Å². The quantitative estimate of drug-likeness (QED) is 0.567. The normalized spacial score (nSPS) is 12.4. The molecule has 0 radical (unpaired) electrons. The predicted molar refractivity (Wildman–Crippen MR) is 95.6 cm³/mol. The Labute approximate surface area is 151 Å². The monoisotopic (exact) mass is 380 g/mol. The Balaban J connectivity index is 2.03. The highest BCUT2D eigenvalue weighted by molar-refractivity contribution is 7.89. The Morgan fingerprint density at radius 3 is 2.04 bits per heavy atom. The maximum Gasteiger partial charge on any atom is 0.338 e. The molecule has 0 amide bonds. The minimum absolute atomic E-state index is 0.103. The summed E-state index contributed by atoms with van der Waals surface area (Å²) in [5.41, 5.74) is 1.21. The molecule has 0 aliphatic rings. The Hall–Kier alpha value is -2.18. The fourth-order valence-corrected chi connectivity index (χ4v) is 3.09. The Morgan fingerprint density at radius 1 is 1.00 bits per heavy atom. The molecular weight excluding hydrogens is 364 g/mol. The Bertz CT molecular complexity index is 871. The van der Waals surface area contributed by atoms with Crippen LogP contribution in [0.25, 0.3) is 0 Å². The molecule has 0 saturated heterocycles. The van der Waals surface area contributed by atoms with E-state index in [9.17, 15) is 18.0 Å². The number of carbonyl (C=O) groups is 2. The summed E-state index contributed by atoms with van der Waals surface area (Å²) in [4.78, 5) is 24.4. The van der Waals surface area contributed by atoms with Crippen LogP contribution in [0.1, 0.15) is 33.2 Å². The van der Waals surface area contributed by atoms with Crippen LogP contribution in [-0.4, -0.2) is 32.5 Å². The maximum atomic E-state index is 12.2. The zero-order valence-corrected chi connectivity index (χ0v) is 15.3. The molecule has 0 spiro atoms. The van der Waals surface area contributed by atoms with Gasteiger partial charge in [0.1, 0.15) is 0 Å². The molecule has 0 unspecified atom stereocenters. The summed E-state index contributed by atoms with van der Waals surface area (Å²) >= 11 is 5.78. The summed E-state index contributed by atoms with van der Waals surface area (Å²) in [7, 11) is -3.14. The first-order chi connectivity index (χ1) is 11.7. The van der Waals surface area contributed by atoms with Crippen LogP contribution < -0.4 is 0 Å². The summed E-state index contributed by atoms with van der Waals surface area (Å²) in [5.74, 6) is -1.09. The molecule has 2 aromatic rings. The summed E-state index contributed by atoms with van der Waals surface area (Å²) in [5, 5.41) is 0.510. The summed E-state index contributed by atoms with van der Waals surface area (Å²) < 4.78 is 27.7. The molecule has 0 aromatic heterocycles. The molecule has 0 aliphatic carbocycles. The lowest BCUT2D eigenvalue weighted by Crippen LogP contribution is -2.24. The molecule has 0 aliphatic heterocycles. The number of hydrogen-bond acceptors (Lipinski definition) is 5. The number of benzene rings is 2. The number of sulfone groups is 1. The number of esters is 1. The fourth-order valence-electron chi connectivity index (χ4n) is 2.17. The van der Waals surface area contributed by atoms with E-state index in [1.807, 2.05) is 0 Å². The van der Waals surface area contributed by atoms with Gasteiger partial charge in [0.05, 0.1) is 11.3 Å². The van der Waals surface area contributed by atoms with Crippen molar-refractivity contribution < 1.29 is 22.7 Å². The van der Waals surface area contributed by atoms with Crippen molar-refractivity contribution in [2.24, 2.45) is 0 Å². The average molecular weight is 381 g/mol. The summed E-state index contributed by atoms with van der Waals surface area (Å²) in [6.45, 7) is 1.49. The number of ether oxygens (including phenoxy) is 1. The second-order valence-corrected chi connectivity index (χ2v) is 8.26. The lowest BCUT2D eigenvalue weighted by Gasteiger charge is -2.12. The topological polar surface area (TPSA) is 77.5 Å². The van der Waals surface area contributed by atoms with Crippen LogP contribution in [0.2, 0.25) is 5.02 Å². The largest absolute Gasteiger partial charge is 0.451 e. The molecule has 25 heavy (non-hydrogen) atoms. The summed E-state index contributed by atoms with van der Waals surface area (Å²) in [6.07, 6.45) is 0.184. The molecule has 0 heterocycles. The van der Waals surface area contributed by atoms with Crippen molar-refractivity contribution in [2.75, 3.05) is 6.26 Å². The molecular formula is C18H17ClO5S. The van der Waals surface area contributed by atoms with Crippen molar-refractivity contribution in [3.8, 4) is 0 Å². The second kappa shape index (κ2) is 7.80. The van der Waals surface area contributed by atoms with E-state index < -0.39 is 21.9 Å². The molecule has 2 aromatic carbocycles. The van der Waals surface area contributed by atoms with Gasteiger partial charge in [0.15, 0.2) is 15.9 Å². The lowest BCUT2D eigenvalue weighted by atomic mass is 10.1. The standard InChI is InChI=1S/C18H17ClO5S/c1-12(17(20)14-7-9-16(19)10-8-14)24-18(21)15-5-3-13(4-6-15)11-25(2,22)23/h3-10,12H,11H2,1-2H3/t12-/m0/s1. The van der Waals surface area contributed by atoms with E-state index in [0.29, 0.717) is 16.1 Å². The smallest absolute Gasteiger partial charge is 0.338 e. The van der Waals surface area contributed by atoms with Crippen LogP contribution >= 0.6 is 11.6 Å². The van der Waals surface area contributed by atoms with E-state index in [2.05, 4.69) is 0 Å². The van der Waals surface area contributed by atoms with Crippen molar-refractivity contribution in [1.82, 2.24) is 0 Å². The van der Waals surface area contributed by atoms with E-state index >= 15 is 0 Å². The first-order valence-electron chi connectivity index (χ1n) is 7.43. The third kappa shape index (κ3) is 5.69. The molecule has 2 rings (SSSR count). The number of halogens is 1. The van der Waals surface area contributed by atoms with Gasteiger partial charge in [-0.1, -0.05) is 23.7 Å². The Kier molecular flexibility index (Phi) is 5.98. The number of rotatable bonds is 6. The van der Waals surface area contributed by atoms with Gasteiger partial charge in [-0.2, -0.15) is 0 Å². The number of ketones is 1. The third-order valence-electron chi connectivity index (χ3n) is 3.40. The first-order valence-corrected chi connectivity index (χ1v) is 9.87. The minimum atomic E-state index is -3.14. The fraction of sp³-hybridized carbons (Fsp3) is 0.222. The lowest BCUT2D eigenvalue weighted by molar-refractivity contribution is 0.0319. The van der Waals surface area contributed by atoms with Gasteiger partial charge in [0.25, 0.3) is 0 Å². The van der Waals surface area contributed by atoms with Crippen molar-refractivity contribution in [1.29, 1.82) is 0 Å². The van der Waals surface area contributed by atoms with Gasteiger partial charge < -0.3 is 4.74 Å². The van der Waals surface area contributed by atoms with Crippen LogP contribution in [0, 0.1) is 0 Å². The highest BCUT2D eigenvalue weighted by Gasteiger charge is 2.20. The molecule has 5 nitrogen and oxygen atoms in total. The van der Waals surface area contributed by atoms with E-state index in [0.717, 1.165) is 6.26 Å². The van der Waals surface area contributed by atoms with Gasteiger partial charge >= 0.3 is 5.97 Å². The van der Waals surface area contributed by atoms with Crippen molar-refractivity contribution in [2.45, 2.75) is 18.8 Å². The van der Waals surface area contributed by atoms with Gasteiger partial charge in [-0.15, -0.1) is 0 Å². The average Bonchev–Trinajstić information content (AvgIpc) is 2.54. The molecule has 132 valence electrons. The SMILES string of the molecule is C[C@H](OC(=O)c1ccc(CS(C)(=O)=O)cc1)C(=O)c1ccc(Cl)cc1. The van der Waals surface area contributed by atoms with Crippen LogP contribution in [0.3, 0.4) is 0 Å². The van der Waals surface area contributed by atoms with E-state index in [-0.39, 0.29) is 17.1 Å². The van der Waals surface area contributed by atoms with Crippen molar-refractivity contribution in [3.05, 3.63) is 70.2 Å². The molecule has 0 bridgehead atoms. The molecule has 1 atom stereocenters. The zero-order valence-electron chi connectivity index (χ0n) is 13.7. The predicted octanol–water partition coefficient (Wildman–Crippen LogP) is 3.31. The summed E-state index contributed by atoms with van der Waals surface area (Å²) in [6, 6.07) is 12.3. The molecule has 0 fully saturated rings. The van der Waals surface area contributed by atoms with Gasteiger partial charge in [-0.05, 0) is 48.9 Å². The third-order valence-corrected chi connectivity index (χ3v) is 4.51. The zero-order chi connectivity index (χ0) is 18.6. The van der Waals surface area contributed by atoms with Gasteiger partial charge in [-0.3, -0.25) is 4.79 Å². The molecule has 0 N–H and O–H groups in total. The number of carbonyl (C=O) groups excluding carboxylic acids is 2. The highest BCUT2D eigenvalue weighted by Crippen LogP contribution is 2.14. The van der Waals surface area contributed by atoms with Crippen LogP contribution in [0.5, 0.6) is 0 Å². The highest BCUT2D eigenvalue weighted by atomic mass is 35.5. The Morgan fingerprint density at radius 2 is 1.52 bits per heavy atom. The van der Waals surface area contributed by atoms with Crippen LogP contribution in [0.4, 0.5) is 0 Å². The van der Waals surface area contributed by atoms with E-state index in [1.165, 1.54) is 19.1 Å². The second-order valence-electron chi connectivity index (χ2n) is 5.69. The van der Waals surface area contributed by atoms with Crippen LogP contribution in [0.15, 0.2) is 48.5 Å². The molecule has 7 heteroatoms. The number of hydrogen-bond donors (Lipinski definition) is 0. The minimum Gasteiger partial charge on any atom is -0.451 e. The van der Waals surface area contributed by atoms with Crippen LogP contribution in [-0.2, 0) is 20.3 Å². The maximum absolute atomic E-state index is 12.2. The number of Topliss-reactive ketones (excluding diaryl/α,β-unsaturated/α-hetero) is 1. The van der Waals surface area contributed by atoms with E-state index in [1.54, 1.807) is 36.4 Å². The van der Waals surface area contributed by atoms with Gasteiger partial charge in [-0.25, -0.2) is 13.2 Å². The first kappa shape index (κ1) is 19.1. The van der Waals surface area contributed by atoms with Crippen molar-refractivity contribution >= 4 is 33.2 Å². The molecule has 0 saturated carbocycles. The van der Waals surface area contributed by atoms with Gasteiger partial charge in [0.2, 0.25) is 5.78 Å². The van der Waals surface area contributed by atoms with Crippen molar-refractivity contribution in [3.63, 3.8) is 0 Å².